The van der Waals surface area contributed by atoms with Crippen molar-refractivity contribution in [3.63, 3.8) is 0 Å². The minimum absolute atomic E-state index is 0.659. The average Bonchev–Trinajstić information content (AvgIpc) is 2.69. The molecule has 1 atom stereocenters. The van der Waals surface area contributed by atoms with Gasteiger partial charge in [-0.1, -0.05) is 35.9 Å². The molecular formula is C21H30ClN3OS. The molecule has 1 unspecified atom stereocenters. The number of rotatable bonds is 6. The molecule has 1 heterocycles. The van der Waals surface area contributed by atoms with Gasteiger partial charge in [-0.3, -0.25) is 4.90 Å². The molecular weight excluding hydrogens is 378 g/mol. The molecule has 4 nitrogen and oxygen atoms in total. The summed E-state index contributed by atoms with van der Waals surface area (Å²) in [6.07, 6.45) is 8.15. The monoisotopic (exact) mass is 407 g/mol. The van der Waals surface area contributed by atoms with Crippen molar-refractivity contribution < 1.29 is 4.74 Å². The lowest BCUT2D eigenvalue weighted by Crippen LogP contribution is -2.45. The van der Waals surface area contributed by atoms with Crippen LogP contribution in [0.3, 0.4) is 0 Å². The SMILES string of the molecule is Cc1cccc(Cl)c1NC(=S)N(CCN1CCOCC1)CC1CC=CCC1. The second-order valence-corrected chi connectivity index (χ2v) is 8.21. The van der Waals surface area contributed by atoms with Gasteiger partial charge in [0.2, 0.25) is 0 Å². The zero-order valence-corrected chi connectivity index (χ0v) is 17.7. The lowest BCUT2D eigenvalue weighted by molar-refractivity contribution is 0.0356. The summed E-state index contributed by atoms with van der Waals surface area (Å²) in [5, 5.41) is 4.91. The number of aryl methyl sites for hydroxylation is 1. The molecule has 27 heavy (non-hydrogen) atoms. The molecule has 6 heteroatoms. The summed E-state index contributed by atoms with van der Waals surface area (Å²) in [5.74, 6) is 0.659. The molecule has 1 aromatic carbocycles. The number of hydrogen-bond donors (Lipinski definition) is 1. The third-order valence-corrected chi connectivity index (χ3v) is 6.06. The van der Waals surface area contributed by atoms with Gasteiger partial charge in [-0.25, -0.2) is 0 Å². The van der Waals surface area contributed by atoms with E-state index in [1.165, 1.54) is 12.8 Å². The van der Waals surface area contributed by atoms with E-state index in [1.807, 2.05) is 12.1 Å². The standard InChI is InChI=1S/C21H30ClN3OS/c1-17-6-5-9-19(22)20(17)23-21(27)25(16-18-7-3-2-4-8-18)11-10-24-12-14-26-15-13-24/h2-3,5-6,9,18H,4,7-8,10-16H2,1H3,(H,23,27). The molecule has 0 radical (unpaired) electrons. The van der Waals surface area contributed by atoms with Gasteiger partial charge in [0.25, 0.3) is 0 Å². The molecule has 0 spiro atoms. The summed E-state index contributed by atoms with van der Waals surface area (Å²) >= 11 is 12.2. The fraction of sp³-hybridized carbons (Fsp3) is 0.571. The highest BCUT2D eigenvalue weighted by atomic mass is 35.5. The van der Waals surface area contributed by atoms with Gasteiger partial charge >= 0.3 is 0 Å². The van der Waals surface area contributed by atoms with Crippen LogP contribution in [0.4, 0.5) is 5.69 Å². The van der Waals surface area contributed by atoms with E-state index in [-0.39, 0.29) is 0 Å². The highest BCUT2D eigenvalue weighted by Crippen LogP contribution is 2.26. The number of halogens is 1. The van der Waals surface area contributed by atoms with E-state index >= 15 is 0 Å². The number of anilines is 1. The van der Waals surface area contributed by atoms with Crippen LogP contribution in [-0.2, 0) is 4.74 Å². The Kier molecular flexibility index (Phi) is 7.94. The lowest BCUT2D eigenvalue weighted by Gasteiger charge is -2.34. The number of ether oxygens (including phenoxy) is 1. The van der Waals surface area contributed by atoms with Crippen LogP contribution >= 0.6 is 23.8 Å². The zero-order valence-electron chi connectivity index (χ0n) is 16.1. The third kappa shape index (κ3) is 6.18. The Hall–Kier alpha value is -1.14. The van der Waals surface area contributed by atoms with Gasteiger partial charge in [0.1, 0.15) is 0 Å². The molecule has 0 saturated carbocycles. The first-order chi connectivity index (χ1) is 13.1. The topological polar surface area (TPSA) is 27.7 Å². The molecule has 0 aromatic heterocycles. The Labute approximate surface area is 173 Å². The number of nitrogens with one attached hydrogen (secondary N) is 1. The predicted molar refractivity (Wildman–Crippen MR) is 118 cm³/mol. The van der Waals surface area contributed by atoms with Crippen molar-refractivity contribution in [2.24, 2.45) is 5.92 Å². The van der Waals surface area contributed by atoms with Crippen molar-refractivity contribution in [1.82, 2.24) is 9.80 Å². The molecule has 1 aliphatic carbocycles. The Morgan fingerprint density at radius 3 is 2.85 bits per heavy atom. The van der Waals surface area contributed by atoms with Gasteiger partial charge in [0.05, 0.1) is 23.9 Å². The van der Waals surface area contributed by atoms with E-state index in [4.69, 9.17) is 28.6 Å². The predicted octanol–water partition coefficient (Wildman–Crippen LogP) is 4.34. The number of morpholine rings is 1. The van der Waals surface area contributed by atoms with Crippen LogP contribution in [0.5, 0.6) is 0 Å². The maximum absolute atomic E-state index is 6.40. The van der Waals surface area contributed by atoms with Crippen molar-refractivity contribution >= 4 is 34.6 Å². The Balaban J connectivity index is 1.65. The van der Waals surface area contributed by atoms with Gasteiger partial charge in [-0.15, -0.1) is 0 Å². The number of nitrogens with zero attached hydrogens (tertiary/aromatic N) is 2. The molecule has 1 saturated heterocycles. The van der Waals surface area contributed by atoms with Gasteiger partial charge in [-0.2, -0.15) is 0 Å². The van der Waals surface area contributed by atoms with Crippen molar-refractivity contribution in [3.8, 4) is 0 Å². The second kappa shape index (κ2) is 10.4. The van der Waals surface area contributed by atoms with Crippen LogP contribution in [0.2, 0.25) is 5.02 Å². The van der Waals surface area contributed by atoms with Crippen molar-refractivity contribution in [2.75, 3.05) is 51.3 Å². The van der Waals surface area contributed by atoms with Crippen LogP contribution in [0.15, 0.2) is 30.4 Å². The maximum atomic E-state index is 6.40. The molecule has 0 amide bonds. The van der Waals surface area contributed by atoms with Crippen LogP contribution in [0.1, 0.15) is 24.8 Å². The van der Waals surface area contributed by atoms with E-state index in [9.17, 15) is 0 Å². The fourth-order valence-corrected chi connectivity index (χ4v) is 4.21. The van der Waals surface area contributed by atoms with Crippen molar-refractivity contribution in [2.45, 2.75) is 26.2 Å². The molecule has 148 valence electrons. The van der Waals surface area contributed by atoms with Gasteiger partial charge in [-0.05, 0) is 56.0 Å². The number of para-hydroxylation sites is 1. The molecule has 2 aliphatic rings. The van der Waals surface area contributed by atoms with E-state index in [0.29, 0.717) is 10.9 Å². The van der Waals surface area contributed by atoms with Crippen LogP contribution < -0.4 is 5.32 Å². The minimum Gasteiger partial charge on any atom is -0.379 e. The van der Waals surface area contributed by atoms with Gasteiger partial charge < -0.3 is 15.0 Å². The number of benzene rings is 1. The van der Waals surface area contributed by atoms with Crippen LogP contribution in [-0.4, -0.2) is 60.8 Å². The number of hydrogen-bond acceptors (Lipinski definition) is 3. The number of allylic oxidation sites excluding steroid dienone is 2. The molecule has 3 rings (SSSR count). The first-order valence-corrected chi connectivity index (χ1v) is 10.7. The summed E-state index contributed by atoms with van der Waals surface area (Å²) in [4.78, 5) is 4.79. The van der Waals surface area contributed by atoms with Crippen LogP contribution in [0, 0.1) is 12.8 Å². The average molecular weight is 408 g/mol. The first-order valence-electron chi connectivity index (χ1n) is 9.89. The molecule has 0 bridgehead atoms. The summed E-state index contributed by atoms with van der Waals surface area (Å²) in [6.45, 7) is 8.65. The second-order valence-electron chi connectivity index (χ2n) is 7.41. The summed E-state index contributed by atoms with van der Waals surface area (Å²) in [5.41, 5.74) is 2.03. The van der Waals surface area contributed by atoms with Crippen molar-refractivity contribution in [3.05, 3.63) is 40.9 Å². The largest absolute Gasteiger partial charge is 0.379 e. The maximum Gasteiger partial charge on any atom is 0.173 e. The van der Waals surface area contributed by atoms with Gasteiger partial charge in [0.15, 0.2) is 5.11 Å². The smallest absolute Gasteiger partial charge is 0.173 e. The van der Waals surface area contributed by atoms with Crippen molar-refractivity contribution in [1.29, 1.82) is 0 Å². The quantitative estimate of drug-likeness (QED) is 0.559. The highest BCUT2D eigenvalue weighted by molar-refractivity contribution is 7.80. The summed E-state index contributed by atoms with van der Waals surface area (Å²) in [6, 6.07) is 5.93. The van der Waals surface area contributed by atoms with E-state index in [0.717, 1.165) is 68.7 Å². The Morgan fingerprint density at radius 1 is 1.33 bits per heavy atom. The lowest BCUT2D eigenvalue weighted by atomic mass is 9.94. The van der Waals surface area contributed by atoms with E-state index in [1.54, 1.807) is 0 Å². The van der Waals surface area contributed by atoms with E-state index in [2.05, 4.69) is 40.3 Å². The third-order valence-electron chi connectivity index (χ3n) is 5.39. The molecule has 1 N–H and O–H groups in total. The molecule has 1 fully saturated rings. The number of thiocarbonyl (C=S) groups is 1. The first kappa shape index (κ1) is 20.6. The minimum atomic E-state index is 0.659. The van der Waals surface area contributed by atoms with Gasteiger partial charge in [0, 0.05) is 32.7 Å². The zero-order chi connectivity index (χ0) is 19.1. The normalized spacial score (nSPS) is 20.4. The fourth-order valence-electron chi connectivity index (χ4n) is 3.67. The summed E-state index contributed by atoms with van der Waals surface area (Å²) < 4.78 is 5.47. The molecule has 1 aromatic rings. The van der Waals surface area contributed by atoms with Crippen LogP contribution in [0.25, 0.3) is 0 Å². The Morgan fingerprint density at radius 2 is 2.15 bits per heavy atom. The van der Waals surface area contributed by atoms with E-state index < -0.39 is 0 Å². The molecule has 1 aliphatic heterocycles. The highest BCUT2D eigenvalue weighted by Gasteiger charge is 2.20. The summed E-state index contributed by atoms with van der Waals surface area (Å²) in [7, 11) is 0. The Bertz CT molecular complexity index is 641.